The molecular formula is C24H32F3N3O5S3. The molecule has 1 unspecified atom stereocenters. The van der Waals surface area contributed by atoms with Gasteiger partial charge in [-0.2, -0.15) is 17.5 Å². The van der Waals surface area contributed by atoms with E-state index in [2.05, 4.69) is 10.0 Å². The summed E-state index contributed by atoms with van der Waals surface area (Å²) in [4.78, 5) is 0.246. The molecule has 1 aliphatic carbocycles. The number of piperazine rings is 1. The fraction of sp³-hybridized carbons (Fsp3) is 0.542. The van der Waals surface area contributed by atoms with Crippen LogP contribution in [-0.4, -0.2) is 69.2 Å². The minimum absolute atomic E-state index is 0.0113. The van der Waals surface area contributed by atoms with Crippen molar-refractivity contribution in [3.05, 3.63) is 58.5 Å². The molecule has 14 heteroatoms. The van der Waals surface area contributed by atoms with Crippen molar-refractivity contribution in [1.29, 1.82) is 0 Å². The van der Waals surface area contributed by atoms with Crippen molar-refractivity contribution in [1.82, 2.24) is 14.3 Å². The molecule has 8 nitrogen and oxygen atoms in total. The second kappa shape index (κ2) is 11.1. The molecule has 3 rings (SSSR count). The molecule has 1 aromatic rings. The highest BCUT2D eigenvalue weighted by atomic mass is 32.2. The normalized spacial score (nSPS) is 23.4. The zero-order valence-electron chi connectivity index (χ0n) is 21.2. The molecule has 2 atom stereocenters. The van der Waals surface area contributed by atoms with E-state index < -0.39 is 42.9 Å². The largest absolute Gasteiger partial charge is 0.421 e. The molecule has 1 fully saturated rings. The molecule has 0 amide bonds. The van der Waals surface area contributed by atoms with Gasteiger partial charge in [-0.25, -0.2) is 21.6 Å². The quantitative estimate of drug-likeness (QED) is 0.376. The van der Waals surface area contributed by atoms with Crippen LogP contribution in [0.2, 0.25) is 0 Å². The third kappa shape index (κ3) is 6.54. The van der Waals surface area contributed by atoms with E-state index in [1.54, 1.807) is 26.0 Å². The molecule has 1 aromatic carbocycles. The number of rotatable bonds is 9. The van der Waals surface area contributed by atoms with Gasteiger partial charge in [0.15, 0.2) is 5.60 Å². The van der Waals surface area contributed by atoms with Gasteiger partial charge in [-0.3, -0.25) is 0 Å². The number of thiocarbonyl (C=S) groups is 1. The number of hydrogen-bond donors (Lipinski definition) is 3. The van der Waals surface area contributed by atoms with Crippen LogP contribution in [0.3, 0.4) is 0 Å². The Kier molecular flexibility index (Phi) is 8.98. The van der Waals surface area contributed by atoms with Crippen LogP contribution in [0.25, 0.3) is 0 Å². The summed E-state index contributed by atoms with van der Waals surface area (Å²) in [5.41, 5.74) is -4.48. The van der Waals surface area contributed by atoms with E-state index >= 15 is 0 Å². The molecule has 212 valence electrons. The molecule has 2 aliphatic rings. The summed E-state index contributed by atoms with van der Waals surface area (Å²) in [5, 5.41) is 13.3. The van der Waals surface area contributed by atoms with Crippen molar-refractivity contribution in [2.75, 3.05) is 31.9 Å². The third-order valence-electron chi connectivity index (χ3n) is 6.55. The maximum atomic E-state index is 13.5. The minimum Gasteiger partial charge on any atom is -0.376 e. The van der Waals surface area contributed by atoms with Gasteiger partial charge >= 0.3 is 6.18 Å². The summed E-state index contributed by atoms with van der Waals surface area (Å²) < 4.78 is 96.2. The Morgan fingerprint density at radius 2 is 1.82 bits per heavy atom. The zero-order chi connectivity index (χ0) is 28.6. The fourth-order valence-corrected chi connectivity index (χ4v) is 7.94. The molecule has 0 radical (unpaired) electrons. The Bertz CT molecular complexity index is 1320. The standard InChI is InChI=1S/C24H32F3N3O5S3/c1-17(2)14-37(32,33)29-15-23(19-10-8-18(9-11-19)22(3,31)24(25,26)27)16-30(13-12-28-23)38(34,35)21-7-5-4-6-20(21)36/h4-5,7-11,17,28-29,31H,6,12-16H2,1-3H3/t22?,23-/m0/s1. The van der Waals surface area contributed by atoms with E-state index in [-0.39, 0.29) is 47.6 Å². The molecule has 0 spiro atoms. The molecule has 1 saturated heterocycles. The second-order valence-corrected chi connectivity index (χ2v) is 14.3. The summed E-state index contributed by atoms with van der Waals surface area (Å²) in [5.74, 6) is -0.331. The van der Waals surface area contributed by atoms with Crippen LogP contribution in [0.4, 0.5) is 13.2 Å². The van der Waals surface area contributed by atoms with Crippen LogP contribution in [0, 0.1) is 5.92 Å². The average Bonchev–Trinajstić information content (AvgIpc) is 2.82. The summed E-state index contributed by atoms with van der Waals surface area (Å²) in [6.07, 6.45) is 0.137. The molecule has 1 heterocycles. The van der Waals surface area contributed by atoms with E-state index in [0.717, 1.165) is 12.1 Å². The Morgan fingerprint density at radius 3 is 2.37 bits per heavy atom. The van der Waals surface area contributed by atoms with Gasteiger partial charge in [-0.05, 0) is 30.0 Å². The van der Waals surface area contributed by atoms with E-state index in [0.29, 0.717) is 18.9 Å². The molecule has 0 bridgehead atoms. The van der Waals surface area contributed by atoms with Gasteiger partial charge < -0.3 is 10.4 Å². The van der Waals surface area contributed by atoms with Crippen molar-refractivity contribution in [3.63, 3.8) is 0 Å². The number of nitrogens with zero attached hydrogens (tertiary/aromatic N) is 1. The first kappa shape index (κ1) is 30.9. The lowest BCUT2D eigenvalue weighted by molar-refractivity contribution is -0.258. The van der Waals surface area contributed by atoms with Crippen LogP contribution in [0.5, 0.6) is 0 Å². The van der Waals surface area contributed by atoms with E-state index in [9.17, 15) is 35.1 Å². The second-order valence-electron chi connectivity index (χ2n) is 10.1. The van der Waals surface area contributed by atoms with Crippen LogP contribution >= 0.6 is 12.2 Å². The maximum Gasteiger partial charge on any atom is 0.421 e. The van der Waals surface area contributed by atoms with E-state index in [1.807, 2.05) is 0 Å². The lowest BCUT2D eigenvalue weighted by Crippen LogP contribution is -2.63. The highest BCUT2D eigenvalue weighted by Crippen LogP contribution is 2.39. The summed E-state index contributed by atoms with van der Waals surface area (Å²) in [6.45, 7) is 3.87. The number of alkyl halides is 3. The van der Waals surface area contributed by atoms with Crippen LogP contribution in [0.15, 0.2) is 47.4 Å². The van der Waals surface area contributed by atoms with Crippen molar-refractivity contribution >= 4 is 37.1 Å². The summed E-state index contributed by atoms with van der Waals surface area (Å²) in [7, 11) is -7.79. The smallest absolute Gasteiger partial charge is 0.376 e. The SMILES string of the molecule is CC(C)CS(=O)(=O)NC[C@@]1(c2ccc(C(C)(O)C(F)(F)F)cc2)CN(S(=O)(=O)C2=CC=CCC2=S)CCN1. The average molecular weight is 596 g/mol. The predicted octanol–water partition coefficient (Wildman–Crippen LogP) is 2.68. The molecule has 38 heavy (non-hydrogen) atoms. The van der Waals surface area contributed by atoms with Crippen LogP contribution in [0.1, 0.15) is 38.3 Å². The number of allylic oxidation sites excluding steroid dienone is 4. The molecule has 3 N–H and O–H groups in total. The van der Waals surface area contributed by atoms with Crippen molar-refractivity contribution in [2.24, 2.45) is 5.92 Å². The van der Waals surface area contributed by atoms with E-state index in [1.165, 1.54) is 22.5 Å². The highest BCUT2D eigenvalue weighted by molar-refractivity contribution is 7.96. The summed E-state index contributed by atoms with van der Waals surface area (Å²) in [6, 6.07) is 4.88. The van der Waals surface area contributed by atoms with E-state index in [4.69, 9.17) is 12.2 Å². The van der Waals surface area contributed by atoms with Gasteiger partial charge in [0.25, 0.3) is 0 Å². The fourth-order valence-electron chi connectivity index (χ4n) is 4.38. The van der Waals surface area contributed by atoms with Gasteiger partial charge in [0.1, 0.15) is 0 Å². The Labute approximate surface area is 227 Å². The lowest BCUT2D eigenvalue weighted by atomic mass is 9.85. The lowest BCUT2D eigenvalue weighted by Gasteiger charge is -2.44. The highest BCUT2D eigenvalue weighted by Gasteiger charge is 2.51. The predicted molar refractivity (Wildman–Crippen MR) is 143 cm³/mol. The molecular weight excluding hydrogens is 563 g/mol. The van der Waals surface area contributed by atoms with Crippen LogP contribution in [-0.2, 0) is 31.2 Å². The maximum absolute atomic E-state index is 13.5. The first-order chi connectivity index (χ1) is 17.4. The van der Waals surface area contributed by atoms with Gasteiger partial charge in [0, 0.05) is 37.5 Å². The molecule has 1 aliphatic heterocycles. The van der Waals surface area contributed by atoms with Crippen LogP contribution < -0.4 is 10.0 Å². The zero-order valence-corrected chi connectivity index (χ0v) is 23.7. The minimum atomic E-state index is -4.92. The van der Waals surface area contributed by atoms with Crippen molar-refractivity contribution in [3.8, 4) is 0 Å². The number of benzene rings is 1. The number of nitrogens with one attached hydrogen (secondary N) is 2. The molecule has 0 saturated carbocycles. The number of sulfonamides is 2. The number of halogens is 3. The number of hydrogen-bond acceptors (Lipinski definition) is 7. The monoisotopic (exact) mass is 595 g/mol. The molecule has 0 aromatic heterocycles. The Balaban J connectivity index is 2.03. The van der Waals surface area contributed by atoms with Gasteiger partial charge in [-0.15, -0.1) is 0 Å². The first-order valence-electron chi connectivity index (χ1n) is 11.9. The van der Waals surface area contributed by atoms with Gasteiger partial charge in [0.2, 0.25) is 20.0 Å². The van der Waals surface area contributed by atoms with Gasteiger partial charge in [0.05, 0.1) is 16.2 Å². The van der Waals surface area contributed by atoms with Crippen molar-refractivity contribution < 1.29 is 35.1 Å². The van der Waals surface area contributed by atoms with Gasteiger partial charge in [-0.1, -0.05) is 62.5 Å². The Morgan fingerprint density at radius 1 is 1.18 bits per heavy atom. The summed E-state index contributed by atoms with van der Waals surface area (Å²) >= 11 is 5.27. The number of aliphatic hydroxyl groups is 1. The Hall–Kier alpha value is -1.68. The van der Waals surface area contributed by atoms with Crippen molar-refractivity contribution in [2.45, 2.75) is 44.5 Å². The first-order valence-corrected chi connectivity index (χ1v) is 15.4. The topological polar surface area (TPSA) is 116 Å². The third-order valence-corrected chi connectivity index (χ3v) is 10.7.